The van der Waals surface area contributed by atoms with E-state index >= 15 is 0 Å². The van der Waals surface area contributed by atoms with E-state index in [1.807, 2.05) is 36.5 Å². The van der Waals surface area contributed by atoms with Crippen LogP contribution >= 0.6 is 0 Å². The number of aromatic amines is 1. The molecule has 0 radical (unpaired) electrons. The Morgan fingerprint density at radius 1 is 1.00 bits per heavy atom. The monoisotopic (exact) mass is 395 g/mol. The third-order valence-corrected chi connectivity index (χ3v) is 4.84. The third kappa shape index (κ3) is 4.18. The number of hydrogen-bond donors (Lipinski definition) is 1. The van der Waals surface area contributed by atoms with Gasteiger partial charge in [-0.3, -0.25) is 0 Å². The zero-order valence-electron chi connectivity index (χ0n) is 16.8. The van der Waals surface area contributed by atoms with E-state index in [1.165, 1.54) is 5.56 Å². The first-order valence-electron chi connectivity index (χ1n) is 9.59. The number of nitriles is 1. The van der Waals surface area contributed by atoms with Crippen molar-refractivity contribution in [2.45, 2.75) is 13.5 Å². The maximum Gasteiger partial charge on any atom is 0.138 e. The quantitative estimate of drug-likeness (QED) is 0.467. The molecular weight excluding hydrogens is 374 g/mol. The number of aromatic nitrogens is 2. The minimum atomic E-state index is 0.411. The lowest BCUT2D eigenvalue weighted by Gasteiger charge is -2.11. The number of nitrogens with zero attached hydrogens (tertiary/aromatic N) is 2. The van der Waals surface area contributed by atoms with Crippen LogP contribution in [0.5, 0.6) is 11.5 Å². The minimum absolute atomic E-state index is 0.411. The molecule has 1 N–H and O–H groups in total. The number of hydrogen-bond acceptors (Lipinski definition) is 4. The summed E-state index contributed by atoms with van der Waals surface area (Å²) in [4.78, 5) is 7.97. The van der Waals surface area contributed by atoms with Crippen LogP contribution in [-0.2, 0) is 6.61 Å². The molecule has 1 heterocycles. The molecule has 0 aliphatic rings. The molecule has 0 saturated carbocycles. The highest BCUT2D eigenvalue weighted by Gasteiger charge is 2.12. The number of benzene rings is 3. The second-order valence-corrected chi connectivity index (χ2v) is 6.96. The average Bonchev–Trinajstić information content (AvgIpc) is 3.28. The number of rotatable bonds is 6. The molecule has 0 unspecified atom stereocenters. The molecular formula is C25H21N3O2. The lowest BCUT2D eigenvalue weighted by molar-refractivity contribution is 0.304. The Balaban J connectivity index is 1.52. The van der Waals surface area contributed by atoms with Crippen molar-refractivity contribution in [2.75, 3.05) is 7.11 Å². The predicted molar refractivity (Wildman–Crippen MR) is 116 cm³/mol. The zero-order chi connectivity index (χ0) is 20.9. The molecule has 0 fully saturated rings. The normalized spacial score (nSPS) is 10.4. The van der Waals surface area contributed by atoms with Crippen LogP contribution in [0.15, 0.2) is 72.9 Å². The van der Waals surface area contributed by atoms with E-state index < -0.39 is 0 Å². The van der Waals surface area contributed by atoms with Crippen LogP contribution in [0.4, 0.5) is 0 Å². The van der Waals surface area contributed by atoms with Crippen molar-refractivity contribution in [1.82, 2.24) is 9.97 Å². The van der Waals surface area contributed by atoms with Crippen LogP contribution in [0.25, 0.3) is 22.6 Å². The highest BCUT2D eigenvalue weighted by atomic mass is 16.5. The van der Waals surface area contributed by atoms with Crippen LogP contribution in [0.2, 0.25) is 0 Å². The molecule has 1 aromatic heterocycles. The lowest BCUT2D eigenvalue weighted by atomic mass is 10.1. The van der Waals surface area contributed by atoms with Gasteiger partial charge < -0.3 is 14.5 Å². The van der Waals surface area contributed by atoms with Gasteiger partial charge in [-0.2, -0.15) is 5.26 Å². The molecule has 5 nitrogen and oxygen atoms in total. The first-order chi connectivity index (χ1) is 14.7. The van der Waals surface area contributed by atoms with Crippen LogP contribution in [0.3, 0.4) is 0 Å². The van der Waals surface area contributed by atoms with Gasteiger partial charge in [0.05, 0.1) is 24.4 Å². The Hall–Kier alpha value is -4.04. The van der Waals surface area contributed by atoms with Crippen molar-refractivity contribution in [3.63, 3.8) is 0 Å². The molecule has 0 bridgehead atoms. The first-order valence-corrected chi connectivity index (χ1v) is 9.59. The van der Waals surface area contributed by atoms with Gasteiger partial charge in [0.2, 0.25) is 0 Å². The Kier molecular flexibility index (Phi) is 5.49. The van der Waals surface area contributed by atoms with Gasteiger partial charge in [-0.05, 0) is 36.8 Å². The number of nitrogens with one attached hydrogen (secondary N) is 1. The molecule has 5 heteroatoms. The fraction of sp³-hybridized carbons (Fsp3) is 0.120. The number of imidazole rings is 1. The fourth-order valence-corrected chi connectivity index (χ4v) is 3.13. The zero-order valence-corrected chi connectivity index (χ0v) is 16.8. The van der Waals surface area contributed by atoms with E-state index in [0.717, 1.165) is 28.2 Å². The molecule has 4 rings (SSSR count). The highest BCUT2D eigenvalue weighted by molar-refractivity contribution is 5.70. The van der Waals surface area contributed by atoms with Crippen molar-refractivity contribution in [1.29, 1.82) is 5.26 Å². The third-order valence-electron chi connectivity index (χ3n) is 4.84. The van der Waals surface area contributed by atoms with Crippen LogP contribution < -0.4 is 9.47 Å². The van der Waals surface area contributed by atoms with Crippen molar-refractivity contribution in [3.8, 4) is 40.2 Å². The topological polar surface area (TPSA) is 70.9 Å². The van der Waals surface area contributed by atoms with E-state index in [1.54, 1.807) is 19.2 Å². The van der Waals surface area contributed by atoms with Gasteiger partial charge in [0, 0.05) is 23.4 Å². The largest absolute Gasteiger partial charge is 0.496 e. The summed E-state index contributed by atoms with van der Waals surface area (Å²) in [6, 6.07) is 23.4. The summed E-state index contributed by atoms with van der Waals surface area (Å²) >= 11 is 0. The Labute approximate surface area is 175 Å². The molecule has 148 valence electrons. The van der Waals surface area contributed by atoms with Gasteiger partial charge in [-0.1, -0.05) is 42.0 Å². The van der Waals surface area contributed by atoms with Gasteiger partial charge in [-0.15, -0.1) is 0 Å². The molecule has 0 amide bonds. The Morgan fingerprint density at radius 3 is 2.47 bits per heavy atom. The number of ether oxygens (including phenoxy) is 2. The minimum Gasteiger partial charge on any atom is -0.496 e. The standard InChI is InChI=1S/C25H21N3O2/c1-17-3-9-20(10-4-17)25-27-15-23(28-25)22-12-11-21(13-24(22)29-2)30-16-19-7-5-18(14-26)6-8-19/h3-13,15H,16H2,1-2H3,(H,27,28). The molecule has 4 aromatic rings. The molecule has 0 aliphatic carbocycles. The highest BCUT2D eigenvalue weighted by Crippen LogP contribution is 2.33. The molecule has 3 aromatic carbocycles. The first kappa shape index (κ1) is 19.3. The second-order valence-electron chi connectivity index (χ2n) is 6.96. The fourth-order valence-electron chi connectivity index (χ4n) is 3.13. The van der Waals surface area contributed by atoms with Crippen LogP contribution in [0.1, 0.15) is 16.7 Å². The van der Waals surface area contributed by atoms with E-state index in [2.05, 4.69) is 42.2 Å². The molecule has 0 atom stereocenters. The smallest absolute Gasteiger partial charge is 0.138 e. The summed E-state index contributed by atoms with van der Waals surface area (Å²) in [6.45, 7) is 2.47. The maximum absolute atomic E-state index is 8.89. The van der Waals surface area contributed by atoms with Crippen LogP contribution in [-0.4, -0.2) is 17.1 Å². The van der Waals surface area contributed by atoms with Gasteiger partial charge in [0.15, 0.2) is 0 Å². The van der Waals surface area contributed by atoms with Gasteiger partial charge in [0.25, 0.3) is 0 Å². The number of methoxy groups -OCH3 is 1. The maximum atomic E-state index is 8.89. The Bertz CT molecular complexity index is 1190. The summed E-state index contributed by atoms with van der Waals surface area (Å²) in [7, 11) is 1.64. The van der Waals surface area contributed by atoms with Crippen molar-refractivity contribution < 1.29 is 9.47 Å². The lowest BCUT2D eigenvalue weighted by Crippen LogP contribution is -1.97. The summed E-state index contributed by atoms with van der Waals surface area (Å²) in [5, 5.41) is 8.89. The summed E-state index contributed by atoms with van der Waals surface area (Å²) in [5.41, 5.74) is 5.57. The van der Waals surface area contributed by atoms with Crippen LogP contribution in [0, 0.1) is 18.3 Å². The van der Waals surface area contributed by atoms with E-state index in [4.69, 9.17) is 19.7 Å². The average molecular weight is 395 g/mol. The number of aryl methyl sites for hydroxylation is 1. The predicted octanol–water partition coefficient (Wildman–Crippen LogP) is 5.51. The van der Waals surface area contributed by atoms with E-state index in [-0.39, 0.29) is 0 Å². The molecule has 0 saturated heterocycles. The van der Waals surface area contributed by atoms with Crippen molar-refractivity contribution >= 4 is 0 Å². The molecule has 0 spiro atoms. The van der Waals surface area contributed by atoms with Gasteiger partial charge in [0.1, 0.15) is 23.9 Å². The molecule has 30 heavy (non-hydrogen) atoms. The second kappa shape index (κ2) is 8.54. The SMILES string of the molecule is COc1cc(OCc2ccc(C#N)cc2)ccc1-c1c[nH]c(-c2ccc(C)cc2)n1. The summed E-state index contributed by atoms with van der Waals surface area (Å²) in [6.07, 6.45) is 1.88. The number of H-pyrrole nitrogens is 1. The summed E-state index contributed by atoms with van der Waals surface area (Å²) < 4.78 is 11.5. The van der Waals surface area contributed by atoms with E-state index in [0.29, 0.717) is 23.7 Å². The van der Waals surface area contributed by atoms with Gasteiger partial charge >= 0.3 is 0 Å². The summed E-state index contributed by atoms with van der Waals surface area (Å²) in [5.74, 6) is 2.21. The Morgan fingerprint density at radius 2 is 1.77 bits per heavy atom. The van der Waals surface area contributed by atoms with Gasteiger partial charge in [-0.25, -0.2) is 4.98 Å². The van der Waals surface area contributed by atoms with E-state index in [9.17, 15) is 0 Å². The molecule has 0 aliphatic heterocycles. The van der Waals surface area contributed by atoms with Crippen molar-refractivity contribution in [3.05, 3.63) is 89.6 Å². The van der Waals surface area contributed by atoms with Crippen molar-refractivity contribution in [2.24, 2.45) is 0 Å².